The van der Waals surface area contributed by atoms with Gasteiger partial charge in [-0.15, -0.1) is 0 Å². The average Bonchev–Trinajstić information content (AvgIpc) is 3.19. The molecular formula is C13H18N2O2. The largest absolute Gasteiger partial charge is 0.468 e. The van der Waals surface area contributed by atoms with Gasteiger partial charge in [0.05, 0.1) is 7.11 Å². The number of ether oxygens (including phenoxy) is 1. The summed E-state index contributed by atoms with van der Waals surface area (Å²) in [7, 11) is 1.44. The van der Waals surface area contributed by atoms with Crippen LogP contribution in [0.25, 0.3) is 0 Å². The van der Waals surface area contributed by atoms with Crippen molar-refractivity contribution in [2.75, 3.05) is 13.7 Å². The molecule has 1 fully saturated rings. The van der Waals surface area contributed by atoms with Crippen molar-refractivity contribution in [3.63, 3.8) is 0 Å². The number of carbonyl (C=O) groups is 1. The molecular weight excluding hydrogens is 216 g/mol. The molecule has 92 valence electrons. The molecule has 0 saturated heterocycles. The van der Waals surface area contributed by atoms with Crippen LogP contribution in [-0.4, -0.2) is 30.6 Å². The maximum Gasteiger partial charge on any atom is 0.323 e. The quantitative estimate of drug-likeness (QED) is 0.751. The Balaban J connectivity index is 1.78. The van der Waals surface area contributed by atoms with Gasteiger partial charge in [-0.25, -0.2) is 0 Å². The number of hydrogen-bond donors (Lipinski definition) is 1. The first-order chi connectivity index (χ1) is 8.31. The standard InChI is InChI=1S/C13H18N2O2/c1-17-13(16)12(11-4-5-11)15-8-6-10-3-2-7-14-9-10/h2-3,7,9,11-12,15H,4-6,8H2,1H3. The van der Waals surface area contributed by atoms with Crippen LogP contribution in [0.5, 0.6) is 0 Å². The first-order valence-electron chi connectivity index (χ1n) is 6.01. The SMILES string of the molecule is COC(=O)C(NCCc1cccnc1)C1CC1. The van der Waals surface area contributed by atoms with Crippen LogP contribution >= 0.6 is 0 Å². The van der Waals surface area contributed by atoms with Gasteiger partial charge in [0.15, 0.2) is 0 Å². The maximum atomic E-state index is 11.5. The molecule has 4 heteroatoms. The second-order valence-electron chi connectivity index (χ2n) is 4.40. The zero-order valence-corrected chi connectivity index (χ0v) is 10.1. The summed E-state index contributed by atoms with van der Waals surface area (Å²) in [5.74, 6) is 0.329. The maximum absolute atomic E-state index is 11.5. The molecule has 1 aliphatic rings. The number of nitrogens with one attached hydrogen (secondary N) is 1. The van der Waals surface area contributed by atoms with Crippen molar-refractivity contribution in [1.29, 1.82) is 0 Å². The number of methoxy groups -OCH3 is 1. The molecule has 0 amide bonds. The van der Waals surface area contributed by atoms with Crippen LogP contribution in [-0.2, 0) is 16.0 Å². The molecule has 0 aliphatic heterocycles. The second kappa shape index (κ2) is 5.77. The number of hydrogen-bond acceptors (Lipinski definition) is 4. The van der Waals surface area contributed by atoms with Crippen LogP contribution in [0, 0.1) is 5.92 Å². The summed E-state index contributed by atoms with van der Waals surface area (Å²) in [6.45, 7) is 0.780. The van der Waals surface area contributed by atoms with E-state index in [1.54, 1.807) is 6.20 Å². The molecule has 1 unspecified atom stereocenters. The monoisotopic (exact) mass is 234 g/mol. The highest BCUT2D eigenvalue weighted by Crippen LogP contribution is 2.33. The zero-order valence-electron chi connectivity index (χ0n) is 10.1. The molecule has 0 spiro atoms. The van der Waals surface area contributed by atoms with Gasteiger partial charge in [0.2, 0.25) is 0 Å². The number of pyridine rings is 1. The molecule has 0 aromatic carbocycles. The Hall–Kier alpha value is -1.42. The smallest absolute Gasteiger partial charge is 0.323 e. The third-order valence-electron chi connectivity index (χ3n) is 3.05. The average molecular weight is 234 g/mol. The Kier molecular flexibility index (Phi) is 4.09. The van der Waals surface area contributed by atoms with E-state index in [4.69, 9.17) is 4.74 Å². The van der Waals surface area contributed by atoms with Crippen LogP contribution in [0.15, 0.2) is 24.5 Å². The van der Waals surface area contributed by atoms with Crippen molar-refractivity contribution in [2.24, 2.45) is 5.92 Å². The minimum absolute atomic E-state index is 0.128. The highest BCUT2D eigenvalue weighted by atomic mass is 16.5. The topological polar surface area (TPSA) is 51.2 Å². The number of esters is 1. The van der Waals surface area contributed by atoms with E-state index in [2.05, 4.69) is 10.3 Å². The summed E-state index contributed by atoms with van der Waals surface area (Å²) in [5, 5.41) is 3.28. The molecule has 1 atom stereocenters. The van der Waals surface area contributed by atoms with Gasteiger partial charge in [-0.2, -0.15) is 0 Å². The molecule has 4 nitrogen and oxygen atoms in total. The van der Waals surface area contributed by atoms with E-state index in [0.29, 0.717) is 5.92 Å². The lowest BCUT2D eigenvalue weighted by Crippen LogP contribution is -2.40. The number of aromatic nitrogens is 1. The van der Waals surface area contributed by atoms with Gasteiger partial charge < -0.3 is 10.1 Å². The Morgan fingerprint density at radius 1 is 1.65 bits per heavy atom. The Bertz CT molecular complexity index is 363. The van der Waals surface area contributed by atoms with Crippen LogP contribution < -0.4 is 5.32 Å². The molecule has 2 rings (SSSR count). The van der Waals surface area contributed by atoms with E-state index in [1.807, 2.05) is 18.3 Å². The fourth-order valence-corrected chi connectivity index (χ4v) is 1.92. The molecule has 1 N–H and O–H groups in total. The summed E-state index contributed by atoms with van der Waals surface area (Å²) in [6, 6.07) is 3.84. The predicted octanol–water partition coefficient (Wildman–Crippen LogP) is 1.17. The molecule has 0 bridgehead atoms. The minimum Gasteiger partial charge on any atom is -0.468 e. The summed E-state index contributed by atoms with van der Waals surface area (Å²) in [4.78, 5) is 15.6. The fourth-order valence-electron chi connectivity index (χ4n) is 1.92. The van der Waals surface area contributed by atoms with E-state index >= 15 is 0 Å². The highest BCUT2D eigenvalue weighted by molar-refractivity contribution is 5.76. The van der Waals surface area contributed by atoms with E-state index in [-0.39, 0.29) is 12.0 Å². The van der Waals surface area contributed by atoms with Gasteiger partial charge in [-0.1, -0.05) is 6.07 Å². The van der Waals surface area contributed by atoms with Gasteiger partial charge in [0.25, 0.3) is 0 Å². The van der Waals surface area contributed by atoms with E-state index in [1.165, 1.54) is 12.7 Å². The number of carbonyl (C=O) groups excluding carboxylic acids is 1. The number of nitrogens with zero attached hydrogens (tertiary/aromatic N) is 1. The van der Waals surface area contributed by atoms with Crippen molar-refractivity contribution in [3.8, 4) is 0 Å². The lowest BCUT2D eigenvalue weighted by Gasteiger charge is -2.15. The molecule has 0 radical (unpaired) electrons. The Labute approximate surface area is 101 Å². The van der Waals surface area contributed by atoms with Crippen molar-refractivity contribution >= 4 is 5.97 Å². The van der Waals surface area contributed by atoms with Gasteiger partial charge in [-0.3, -0.25) is 9.78 Å². The minimum atomic E-state index is -0.140. The summed E-state index contributed by atoms with van der Waals surface area (Å²) < 4.78 is 4.80. The van der Waals surface area contributed by atoms with E-state index in [0.717, 1.165) is 25.8 Å². The fraction of sp³-hybridized carbons (Fsp3) is 0.538. The lowest BCUT2D eigenvalue weighted by molar-refractivity contribution is -0.143. The molecule has 1 aliphatic carbocycles. The van der Waals surface area contributed by atoms with Gasteiger partial charge in [0, 0.05) is 18.9 Å². The summed E-state index contributed by atoms with van der Waals surface area (Å²) in [6.07, 6.45) is 6.75. The van der Waals surface area contributed by atoms with Crippen LogP contribution in [0.1, 0.15) is 18.4 Å². The van der Waals surface area contributed by atoms with Crippen LogP contribution in [0.3, 0.4) is 0 Å². The molecule has 1 aromatic heterocycles. The lowest BCUT2D eigenvalue weighted by atomic mass is 10.1. The molecule has 1 saturated carbocycles. The normalized spacial score (nSPS) is 16.5. The van der Waals surface area contributed by atoms with Crippen molar-refractivity contribution in [1.82, 2.24) is 10.3 Å². The van der Waals surface area contributed by atoms with Gasteiger partial charge in [-0.05, 0) is 36.8 Å². The highest BCUT2D eigenvalue weighted by Gasteiger charge is 2.36. The van der Waals surface area contributed by atoms with E-state index < -0.39 is 0 Å². The molecule has 1 aromatic rings. The molecule has 1 heterocycles. The van der Waals surface area contributed by atoms with Gasteiger partial charge >= 0.3 is 5.97 Å². The predicted molar refractivity (Wildman–Crippen MR) is 64.5 cm³/mol. The van der Waals surface area contributed by atoms with Crippen LogP contribution in [0.2, 0.25) is 0 Å². The third-order valence-corrected chi connectivity index (χ3v) is 3.05. The third kappa shape index (κ3) is 3.53. The van der Waals surface area contributed by atoms with Crippen molar-refractivity contribution in [2.45, 2.75) is 25.3 Å². The van der Waals surface area contributed by atoms with E-state index in [9.17, 15) is 4.79 Å². The summed E-state index contributed by atoms with van der Waals surface area (Å²) in [5.41, 5.74) is 1.18. The zero-order chi connectivity index (χ0) is 12.1. The first-order valence-corrected chi connectivity index (χ1v) is 6.01. The molecule has 17 heavy (non-hydrogen) atoms. The van der Waals surface area contributed by atoms with Crippen molar-refractivity contribution < 1.29 is 9.53 Å². The Morgan fingerprint density at radius 2 is 2.47 bits per heavy atom. The summed E-state index contributed by atoms with van der Waals surface area (Å²) >= 11 is 0. The van der Waals surface area contributed by atoms with Crippen LogP contribution in [0.4, 0.5) is 0 Å². The first kappa shape index (κ1) is 12.0. The van der Waals surface area contributed by atoms with Gasteiger partial charge in [0.1, 0.15) is 6.04 Å². The number of rotatable bonds is 6. The van der Waals surface area contributed by atoms with Crippen molar-refractivity contribution in [3.05, 3.63) is 30.1 Å². The second-order valence-corrected chi connectivity index (χ2v) is 4.40. The Morgan fingerprint density at radius 3 is 3.06 bits per heavy atom.